The Morgan fingerprint density at radius 1 is 1.35 bits per heavy atom. The Morgan fingerprint density at radius 2 is 2.09 bits per heavy atom. The van der Waals surface area contributed by atoms with Crippen LogP contribution in [0.1, 0.15) is 25.0 Å². The minimum atomic E-state index is 0.501. The molecule has 1 aliphatic rings. The molecular weight excluding hydrogens is 286 g/mol. The Hall–Kier alpha value is -2.23. The van der Waals surface area contributed by atoms with E-state index in [0.717, 1.165) is 35.9 Å². The van der Waals surface area contributed by atoms with Crippen LogP contribution >= 0.6 is 0 Å². The fourth-order valence-electron chi connectivity index (χ4n) is 2.83. The van der Waals surface area contributed by atoms with Crippen molar-refractivity contribution in [2.75, 3.05) is 38.7 Å². The average Bonchev–Trinajstić information content (AvgIpc) is 2.50. The third-order valence-corrected chi connectivity index (χ3v) is 3.94. The number of anilines is 1. The quantitative estimate of drug-likeness (QED) is 0.848. The molecule has 0 atom stereocenters. The van der Waals surface area contributed by atoms with Crippen LogP contribution in [-0.4, -0.2) is 44.5 Å². The topological polar surface area (TPSA) is 28.1 Å². The lowest BCUT2D eigenvalue weighted by Crippen LogP contribution is -2.38. The molecule has 0 amide bonds. The first-order chi connectivity index (χ1) is 11.0. The highest BCUT2D eigenvalue weighted by Gasteiger charge is 2.23. The van der Waals surface area contributed by atoms with Crippen molar-refractivity contribution in [2.24, 2.45) is 4.99 Å². The number of likely N-dealkylation sites (N-methyl/N-ethyl adjacent to an activating group) is 1. The summed E-state index contributed by atoms with van der Waals surface area (Å²) in [5.74, 6) is 1.77. The Labute approximate surface area is 139 Å². The number of aryl methyl sites for hydroxylation is 1. The van der Waals surface area contributed by atoms with Gasteiger partial charge in [0, 0.05) is 32.9 Å². The molecular formula is C19H27N3O. The molecule has 0 N–H and O–H groups in total. The molecule has 23 heavy (non-hydrogen) atoms. The Kier molecular flexibility index (Phi) is 5.48. The van der Waals surface area contributed by atoms with Gasteiger partial charge >= 0.3 is 0 Å². The number of benzene rings is 1. The lowest BCUT2D eigenvalue weighted by atomic mass is 10.1. The summed E-state index contributed by atoms with van der Waals surface area (Å²) in [6.07, 6.45) is 2.06. The highest BCUT2D eigenvalue weighted by molar-refractivity contribution is 5.87. The summed E-state index contributed by atoms with van der Waals surface area (Å²) in [7, 11) is 4.11. The van der Waals surface area contributed by atoms with Crippen LogP contribution in [0.25, 0.3) is 6.08 Å². The highest BCUT2D eigenvalue weighted by Crippen LogP contribution is 2.26. The molecule has 124 valence electrons. The maximum absolute atomic E-state index is 5.89. The van der Waals surface area contributed by atoms with Crippen molar-refractivity contribution in [3.63, 3.8) is 0 Å². The molecule has 0 aromatic heterocycles. The number of hydrogen-bond donors (Lipinski definition) is 0. The van der Waals surface area contributed by atoms with Gasteiger partial charge in [0.15, 0.2) is 0 Å². The number of ether oxygens (including phenoxy) is 1. The third kappa shape index (κ3) is 3.76. The first-order valence-electron chi connectivity index (χ1n) is 8.10. The zero-order chi connectivity index (χ0) is 17.0. The lowest BCUT2D eigenvalue weighted by Gasteiger charge is -2.33. The van der Waals surface area contributed by atoms with E-state index in [1.807, 2.05) is 6.92 Å². The van der Waals surface area contributed by atoms with Crippen LogP contribution in [0.3, 0.4) is 0 Å². The van der Waals surface area contributed by atoms with Crippen LogP contribution in [-0.2, 0) is 4.74 Å². The molecule has 1 aliphatic heterocycles. The van der Waals surface area contributed by atoms with Gasteiger partial charge in [0.05, 0.1) is 5.70 Å². The van der Waals surface area contributed by atoms with E-state index in [0.29, 0.717) is 6.61 Å². The summed E-state index contributed by atoms with van der Waals surface area (Å²) >= 11 is 0. The molecule has 0 bridgehead atoms. The van der Waals surface area contributed by atoms with Gasteiger partial charge in [-0.3, -0.25) is 4.99 Å². The van der Waals surface area contributed by atoms with Gasteiger partial charge in [0.2, 0.25) is 0 Å². The van der Waals surface area contributed by atoms with Crippen molar-refractivity contribution in [2.45, 2.75) is 20.8 Å². The standard InChI is InChI=1S/C19H27N3O/c1-7-20-19-13-23-18(15(4)22(19)8-2)12-16-9-10-17(21(5)6)14(3)11-16/h9-12H,4,7-8,13H2,1-3,5-6H3/b18-12+,20-19?. The molecule has 4 heteroatoms. The first-order valence-corrected chi connectivity index (χ1v) is 8.10. The second kappa shape index (κ2) is 7.36. The van der Waals surface area contributed by atoms with Crippen molar-refractivity contribution < 1.29 is 4.74 Å². The molecule has 1 fully saturated rings. The highest BCUT2D eigenvalue weighted by atomic mass is 16.5. The van der Waals surface area contributed by atoms with E-state index < -0.39 is 0 Å². The van der Waals surface area contributed by atoms with Gasteiger partial charge in [-0.15, -0.1) is 0 Å². The molecule has 0 spiro atoms. The van der Waals surface area contributed by atoms with Crippen LogP contribution in [0.2, 0.25) is 0 Å². The minimum absolute atomic E-state index is 0.501. The van der Waals surface area contributed by atoms with Crippen molar-refractivity contribution in [3.8, 4) is 0 Å². The van der Waals surface area contributed by atoms with Gasteiger partial charge in [-0.2, -0.15) is 0 Å². The maximum Gasteiger partial charge on any atom is 0.146 e. The van der Waals surface area contributed by atoms with Gasteiger partial charge in [-0.25, -0.2) is 0 Å². The SMILES string of the molecule is C=C1/C(=C\c2ccc(N(C)C)c(C)c2)OCC(=NCC)N1CC. The predicted octanol–water partition coefficient (Wildman–Crippen LogP) is 3.69. The molecule has 0 saturated carbocycles. The molecule has 4 nitrogen and oxygen atoms in total. The summed E-state index contributed by atoms with van der Waals surface area (Å²) in [6, 6.07) is 6.41. The van der Waals surface area contributed by atoms with Crippen molar-refractivity contribution in [1.82, 2.24) is 4.90 Å². The Morgan fingerprint density at radius 3 is 2.65 bits per heavy atom. The maximum atomic E-state index is 5.89. The fraction of sp³-hybridized carbons (Fsp3) is 0.421. The lowest BCUT2D eigenvalue weighted by molar-refractivity contribution is 0.221. The van der Waals surface area contributed by atoms with Crippen LogP contribution in [0, 0.1) is 6.92 Å². The van der Waals surface area contributed by atoms with Crippen LogP contribution < -0.4 is 4.90 Å². The number of rotatable bonds is 4. The summed E-state index contributed by atoms with van der Waals surface area (Å²) in [4.78, 5) is 8.74. The van der Waals surface area contributed by atoms with E-state index in [4.69, 9.17) is 4.74 Å². The molecule has 1 aromatic rings. The normalized spacial score (nSPS) is 18.5. The predicted molar refractivity (Wildman–Crippen MR) is 98.9 cm³/mol. The second-order valence-electron chi connectivity index (χ2n) is 5.82. The monoisotopic (exact) mass is 313 g/mol. The Bertz CT molecular complexity index is 644. The van der Waals surface area contributed by atoms with Crippen molar-refractivity contribution in [3.05, 3.63) is 47.4 Å². The summed E-state index contributed by atoms with van der Waals surface area (Å²) in [5.41, 5.74) is 4.46. The van der Waals surface area contributed by atoms with Crippen molar-refractivity contribution >= 4 is 17.6 Å². The second-order valence-corrected chi connectivity index (χ2v) is 5.82. The van der Waals surface area contributed by atoms with Crippen molar-refractivity contribution in [1.29, 1.82) is 0 Å². The van der Waals surface area contributed by atoms with Crippen LogP contribution in [0.4, 0.5) is 5.69 Å². The van der Waals surface area contributed by atoms with E-state index in [1.165, 1.54) is 11.3 Å². The average molecular weight is 313 g/mol. The van der Waals surface area contributed by atoms with Crippen LogP contribution in [0.15, 0.2) is 41.2 Å². The first kappa shape index (κ1) is 17.1. The molecule has 0 unspecified atom stereocenters. The number of morpholine rings is 1. The zero-order valence-corrected chi connectivity index (χ0v) is 14.9. The van der Waals surface area contributed by atoms with E-state index >= 15 is 0 Å². The van der Waals surface area contributed by atoms with E-state index in [2.05, 4.69) is 73.6 Å². The molecule has 1 heterocycles. The third-order valence-electron chi connectivity index (χ3n) is 3.94. The largest absolute Gasteiger partial charge is 0.484 e. The molecule has 1 saturated heterocycles. The van der Waals surface area contributed by atoms with Gasteiger partial charge in [-0.05, 0) is 50.1 Å². The minimum Gasteiger partial charge on any atom is -0.484 e. The molecule has 2 rings (SSSR count). The van der Waals surface area contributed by atoms with Gasteiger partial charge in [0.1, 0.15) is 18.2 Å². The van der Waals surface area contributed by atoms with Gasteiger partial charge < -0.3 is 14.5 Å². The molecule has 1 aromatic carbocycles. The van der Waals surface area contributed by atoms with E-state index in [1.54, 1.807) is 0 Å². The van der Waals surface area contributed by atoms with Gasteiger partial charge in [0.25, 0.3) is 0 Å². The zero-order valence-electron chi connectivity index (χ0n) is 14.9. The fourth-order valence-corrected chi connectivity index (χ4v) is 2.83. The number of hydrogen-bond acceptors (Lipinski definition) is 3. The number of nitrogens with zero attached hydrogens (tertiary/aromatic N) is 3. The van der Waals surface area contributed by atoms with Crippen LogP contribution in [0.5, 0.6) is 0 Å². The van der Waals surface area contributed by atoms with E-state index in [9.17, 15) is 0 Å². The smallest absolute Gasteiger partial charge is 0.146 e. The Balaban J connectivity index is 2.28. The summed E-state index contributed by atoms with van der Waals surface area (Å²) < 4.78 is 5.89. The van der Waals surface area contributed by atoms with Gasteiger partial charge in [-0.1, -0.05) is 12.6 Å². The number of aliphatic imine (C=N–C) groups is 1. The molecule has 0 aliphatic carbocycles. The number of amidine groups is 1. The summed E-state index contributed by atoms with van der Waals surface area (Å²) in [6.45, 7) is 12.6. The van der Waals surface area contributed by atoms with E-state index in [-0.39, 0.29) is 0 Å². The summed E-state index contributed by atoms with van der Waals surface area (Å²) in [5, 5.41) is 0. The molecule has 0 radical (unpaired) electrons.